The van der Waals surface area contributed by atoms with Gasteiger partial charge in [0, 0.05) is 0 Å². The van der Waals surface area contributed by atoms with Crippen molar-refractivity contribution in [1.29, 1.82) is 0 Å². The number of hydrogen-bond donors (Lipinski definition) is 3. The molecule has 2 aliphatic rings. The molecule has 0 aromatic heterocycles. The van der Waals surface area contributed by atoms with Crippen LogP contribution in [-0.4, -0.2) is 29.1 Å². The standard InChI is InChI=1S/C13H14N4O3S/c18-10(7-14-13(12(19)20)5-2-6-13)15-8-3-1-4-9-11(8)17-21-16-9/h1,3-4,14H,2,5-7H2,(H,15,18)(H,19,20). The topological polar surface area (TPSA) is 103 Å². The predicted octanol–water partition coefficient (Wildman–Crippen LogP) is 1.95. The number of benzene rings is 1. The largest absolute Gasteiger partial charge is 0.480 e. The summed E-state index contributed by atoms with van der Waals surface area (Å²) < 4.78 is 8.24. The maximum atomic E-state index is 12.0. The number of fused-ring (bicyclic) bond motifs is 1. The summed E-state index contributed by atoms with van der Waals surface area (Å²) in [5.41, 5.74) is 1.02. The summed E-state index contributed by atoms with van der Waals surface area (Å²) in [5, 5.41) is 14.8. The van der Waals surface area contributed by atoms with Gasteiger partial charge in [-0.25, -0.2) is 0 Å². The second kappa shape index (κ2) is 5.38. The molecule has 3 rings (SSSR count). The van der Waals surface area contributed by atoms with Gasteiger partial charge < -0.3 is 10.4 Å². The van der Waals surface area contributed by atoms with Crippen molar-refractivity contribution in [2.45, 2.75) is 24.8 Å². The predicted molar refractivity (Wildman–Crippen MR) is 78.8 cm³/mol. The minimum atomic E-state index is -0.939. The van der Waals surface area contributed by atoms with Gasteiger partial charge in [-0.15, -0.1) is 0 Å². The molecule has 3 N–H and O–H groups in total. The van der Waals surface area contributed by atoms with Crippen LogP contribution in [0, 0.1) is 0 Å². The zero-order valence-corrected chi connectivity index (χ0v) is 11.9. The van der Waals surface area contributed by atoms with Crippen LogP contribution in [0.5, 0.6) is 0 Å². The van der Waals surface area contributed by atoms with Crippen LogP contribution in [0.1, 0.15) is 19.3 Å². The first kappa shape index (κ1) is 13.9. The van der Waals surface area contributed by atoms with Crippen molar-refractivity contribution in [2.24, 2.45) is 8.73 Å². The zero-order valence-electron chi connectivity index (χ0n) is 11.1. The Morgan fingerprint density at radius 2 is 2.14 bits per heavy atom. The summed E-state index contributed by atoms with van der Waals surface area (Å²) in [6, 6.07) is 5.36. The van der Waals surface area contributed by atoms with Gasteiger partial charge in [0.15, 0.2) is 0 Å². The van der Waals surface area contributed by atoms with Crippen molar-refractivity contribution in [2.75, 3.05) is 11.9 Å². The molecule has 110 valence electrons. The second-order valence-electron chi connectivity index (χ2n) is 5.08. The van der Waals surface area contributed by atoms with Gasteiger partial charge in [0.25, 0.3) is 0 Å². The Morgan fingerprint density at radius 1 is 1.33 bits per heavy atom. The van der Waals surface area contributed by atoms with Crippen LogP contribution in [0.15, 0.2) is 26.9 Å². The van der Waals surface area contributed by atoms with Gasteiger partial charge in [0.2, 0.25) is 5.91 Å². The molecule has 1 amide bonds. The smallest absolute Gasteiger partial charge is 0.323 e. The number of carbonyl (C=O) groups is 2. The van der Waals surface area contributed by atoms with E-state index in [1.165, 1.54) is 0 Å². The van der Waals surface area contributed by atoms with Crippen molar-refractivity contribution >= 4 is 40.3 Å². The number of nitrogens with one attached hydrogen (secondary N) is 2. The summed E-state index contributed by atoms with van der Waals surface area (Å²) in [6.07, 6.45) is 1.98. The van der Waals surface area contributed by atoms with E-state index in [1.54, 1.807) is 12.1 Å². The number of hydrogen-bond acceptors (Lipinski definition) is 5. The number of carbonyl (C=O) groups excluding carboxylic acids is 1. The molecule has 8 heteroatoms. The lowest BCUT2D eigenvalue weighted by atomic mass is 9.77. The van der Waals surface area contributed by atoms with Gasteiger partial charge in [-0.05, 0) is 31.4 Å². The fourth-order valence-electron chi connectivity index (χ4n) is 2.35. The first-order valence-corrected chi connectivity index (χ1v) is 7.33. The van der Waals surface area contributed by atoms with E-state index in [0.29, 0.717) is 24.2 Å². The van der Waals surface area contributed by atoms with E-state index in [9.17, 15) is 14.7 Å². The molecule has 0 saturated heterocycles. The van der Waals surface area contributed by atoms with Crippen LogP contribution in [-0.2, 0) is 20.9 Å². The van der Waals surface area contributed by atoms with E-state index in [2.05, 4.69) is 19.4 Å². The molecule has 0 unspecified atom stereocenters. The molecule has 1 aromatic rings. The molecular weight excluding hydrogens is 292 g/mol. The van der Waals surface area contributed by atoms with E-state index >= 15 is 0 Å². The van der Waals surface area contributed by atoms with Gasteiger partial charge >= 0.3 is 5.97 Å². The van der Waals surface area contributed by atoms with E-state index in [1.807, 2.05) is 6.07 Å². The quantitative estimate of drug-likeness (QED) is 0.785. The normalized spacial score (nSPS) is 17.5. The van der Waals surface area contributed by atoms with Crippen molar-refractivity contribution in [3.05, 3.63) is 18.2 Å². The molecule has 1 saturated carbocycles. The Balaban J connectivity index is 1.62. The number of carboxylic acid groups (broad SMARTS) is 1. The Hall–Kier alpha value is -2.06. The molecule has 0 radical (unpaired) electrons. The molecule has 21 heavy (non-hydrogen) atoms. The molecule has 1 aliphatic carbocycles. The number of aliphatic carboxylic acids is 1. The fourth-order valence-corrected chi connectivity index (χ4v) is 2.90. The highest BCUT2D eigenvalue weighted by Gasteiger charge is 2.44. The first-order valence-electron chi connectivity index (χ1n) is 6.60. The van der Waals surface area contributed by atoms with Gasteiger partial charge in [-0.1, -0.05) is 6.07 Å². The van der Waals surface area contributed by atoms with Crippen LogP contribution >= 0.6 is 0 Å². The molecule has 7 nitrogen and oxygen atoms in total. The van der Waals surface area contributed by atoms with Crippen molar-refractivity contribution in [3.8, 4) is 0 Å². The van der Waals surface area contributed by atoms with E-state index in [-0.39, 0.29) is 12.5 Å². The van der Waals surface area contributed by atoms with Crippen molar-refractivity contribution in [1.82, 2.24) is 5.32 Å². The fraction of sp³-hybridized carbons (Fsp3) is 0.385. The summed E-state index contributed by atoms with van der Waals surface area (Å²) in [5.74, 6) is -1.18. The summed E-state index contributed by atoms with van der Waals surface area (Å²) >= 11 is 1.08. The molecule has 1 heterocycles. The van der Waals surface area contributed by atoms with Gasteiger partial charge in [-0.2, -0.15) is 8.73 Å². The van der Waals surface area contributed by atoms with Gasteiger partial charge in [0.05, 0.1) is 23.6 Å². The zero-order chi connectivity index (χ0) is 14.9. The maximum absolute atomic E-state index is 12.0. The summed E-state index contributed by atoms with van der Waals surface area (Å²) in [4.78, 5) is 23.2. The van der Waals surface area contributed by atoms with Crippen molar-refractivity contribution in [3.63, 3.8) is 0 Å². The average Bonchev–Trinajstić information content (AvgIpc) is 2.86. The van der Waals surface area contributed by atoms with E-state index in [4.69, 9.17) is 0 Å². The number of nitrogens with zero attached hydrogens (tertiary/aromatic N) is 2. The lowest BCUT2D eigenvalue weighted by molar-refractivity contribution is -0.148. The summed E-state index contributed by atoms with van der Waals surface area (Å²) in [6.45, 7) is -0.0414. The molecule has 1 aliphatic heterocycles. The number of amides is 1. The summed E-state index contributed by atoms with van der Waals surface area (Å²) in [7, 11) is 0. The van der Waals surface area contributed by atoms with Gasteiger partial charge in [-0.3, -0.25) is 14.9 Å². The number of carboxylic acids is 1. The van der Waals surface area contributed by atoms with Crippen LogP contribution in [0.3, 0.4) is 0 Å². The SMILES string of the molecule is O=C(CNC1(C(=O)O)CCC1)Nc1cccc2c1N=S=N2. The van der Waals surface area contributed by atoms with E-state index < -0.39 is 11.5 Å². The molecule has 0 bridgehead atoms. The third-order valence-corrected chi connectivity index (χ3v) is 4.31. The molecule has 1 fully saturated rings. The lowest BCUT2D eigenvalue weighted by Gasteiger charge is -2.38. The molecular formula is C13H14N4O3S. The maximum Gasteiger partial charge on any atom is 0.323 e. The minimum absolute atomic E-state index is 0.0414. The molecule has 1 aromatic carbocycles. The third-order valence-electron chi connectivity index (χ3n) is 3.76. The monoisotopic (exact) mass is 306 g/mol. The van der Waals surface area contributed by atoms with Crippen LogP contribution in [0.25, 0.3) is 0 Å². The average molecular weight is 306 g/mol. The number of anilines is 1. The highest BCUT2D eigenvalue weighted by Crippen LogP contribution is 2.38. The first-order chi connectivity index (χ1) is 10.1. The Morgan fingerprint density at radius 3 is 2.81 bits per heavy atom. The number of rotatable bonds is 5. The molecule has 0 spiro atoms. The lowest BCUT2D eigenvalue weighted by Crippen LogP contribution is -2.58. The second-order valence-corrected chi connectivity index (χ2v) is 5.61. The third kappa shape index (κ3) is 2.59. The molecule has 0 atom stereocenters. The Bertz CT molecular complexity index is 678. The van der Waals surface area contributed by atoms with E-state index in [0.717, 1.165) is 23.5 Å². The highest BCUT2D eigenvalue weighted by molar-refractivity contribution is 7.58. The Labute approximate surface area is 124 Å². The highest BCUT2D eigenvalue weighted by atomic mass is 32.1. The van der Waals surface area contributed by atoms with Gasteiger partial charge in [0.1, 0.15) is 16.9 Å². The van der Waals surface area contributed by atoms with Crippen LogP contribution < -0.4 is 10.6 Å². The minimum Gasteiger partial charge on any atom is -0.480 e. The van der Waals surface area contributed by atoms with Crippen LogP contribution in [0.2, 0.25) is 0 Å². The van der Waals surface area contributed by atoms with Crippen molar-refractivity contribution < 1.29 is 14.7 Å². The Kier molecular flexibility index (Phi) is 3.56. The van der Waals surface area contributed by atoms with Crippen LogP contribution in [0.4, 0.5) is 17.1 Å².